The molecule has 0 unspecified atom stereocenters. The molecular formula is C20H20FN3OS. The molecule has 2 heterocycles. The fourth-order valence-corrected chi connectivity index (χ4v) is 3.90. The predicted molar refractivity (Wildman–Crippen MR) is 105 cm³/mol. The van der Waals surface area contributed by atoms with E-state index in [1.165, 1.54) is 11.6 Å². The second-order valence-electron chi connectivity index (χ2n) is 6.82. The summed E-state index contributed by atoms with van der Waals surface area (Å²) in [6, 6.07) is 12.8. The van der Waals surface area contributed by atoms with Gasteiger partial charge in [0.05, 0.1) is 17.2 Å². The molecule has 2 aromatic carbocycles. The van der Waals surface area contributed by atoms with E-state index in [1.54, 1.807) is 28.5 Å². The van der Waals surface area contributed by atoms with E-state index in [0.29, 0.717) is 28.2 Å². The van der Waals surface area contributed by atoms with Gasteiger partial charge < -0.3 is 9.67 Å². The third-order valence-electron chi connectivity index (χ3n) is 4.73. The predicted octanol–water partition coefficient (Wildman–Crippen LogP) is 6.31. The Morgan fingerprint density at radius 1 is 1.12 bits per heavy atom. The average molecular weight is 369 g/mol. The third kappa shape index (κ3) is 2.88. The molecule has 0 atom stereocenters. The fraction of sp³-hybridized carbons (Fsp3) is 0.300. The molecule has 1 fully saturated rings. The molecule has 1 aliphatic heterocycles. The first-order chi connectivity index (χ1) is 12.6. The summed E-state index contributed by atoms with van der Waals surface area (Å²) in [6.07, 6.45) is 0. The summed E-state index contributed by atoms with van der Waals surface area (Å²) in [7, 11) is 0. The van der Waals surface area contributed by atoms with E-state index >= 15 is 0 Å². The van der Waals surface area contributed by atoms with Crippen LogP contribution in [-0.4, -0.2) is 21.2 Å². The maximum Gasteiger partial charge on any atom is 0.221 e. The van der Waals surface area contributed by atoms with E-state index in [9.17, 15) is 9.50 Å². The second-order valence-corrected chi connectivity index (χ2v) is 7.89. The Balaban J connectivity index is 1.76. The highest BCUT2D eigenvalue weighted by molar-refractivity contribution is 8.00. The lowest BCUT2D eigenvalue weighted by molar-refractivity contribution is 0.404. The zero-order valence-electron chi connectivity index (χ0n) is 14.7. The number of nitrogens with zero attached hydrogens (tertiary/aromatic N) is 3. The number of aromatic hydroxyl groups is 1. The Morgan fingerprint density at radius 2 is 1.85 bits per heavy atom. The normalized spacial score (nSPS) is 15.2. The zero-order valence-corrected chi connectivity index (χ0v) is 15.5. The summed E-state index contributed by atoms with van der Waals surface area (Å²) < 4.78 is 16.1. The number of benzene rings is 2. The van der Waals surface area contributed by atoms with Gasteiger partial charge in [-0.15, -0.1) is 5.11 Å². The molecule has 0 spiro atoms. The molecule has 26 heavy (non-hydrogen) atoms. The molecule has 0 amide bonds. The lowest BCUT2D eigenvalue weighted by Crippen LogP contribution is -2.22. The first-order valence-electron chi connectivity index (χ1n) is 8.67. The van der Waals surface area contributed by atoms with E-state index in [0.717, 1.165) is 11.5 Å². The molecule has 4 rings (SSSR count). The van der Waals surface area contributed by atoms with Crippen molar-refractivity contribution >= 4 is 34.0 Å². The zero-order chi connectivity index (χ0) is 18.3. The molecule has 0 radical (unpaired) electrons. The van der Waals surface area contributed by atoms with Crippen molar-refractivity contribution < 1.29 is 9.50 Å². The van der Waals surface area contributed by atoms with Gasteiger partial charge in [-0.05, 0) is 29.7 Å². The lowest BCUT2D eigenvalue weighted by atomic mass is 10.0. The van der Waals surface area contributed by atoms with Gasteiger partial charge in [0.2, 0.25) is 5.88 Å². The van der Waals surface area contributed by atoms with Gasteiger partial charge in [0.15, 0.2) is 5.69 Å². The average Bonchev–Trinajstić information content (AvgIpc) is 2.85. The summed E-state index contributed by atoms with van der Waals surface area (Å²) in [6.45, 7) is 4.27. The smallest absolute Gasteiger partial charge is 0.221 e. The van der Waals surface area contributed by atoms with E-state index in [-0.39, 0.29) is 17.7 Å². The number of hydrogen-bond donors (Lipinski definition) is 1. The van der Waals surface area contributed by atoms with Crippen LogP contribution in [-0.2, 0) is 0 Å². The molecular weight excluding hydrogens is 349 g/mol. The van der Waals surface area contributed by atoms with Crippen molar-refractivity contribution in [3.05, 3.63) is 53.8 Å². The summed E-state index contributed by atoms with van der Waals surface area (Å²) in [5.41, 5.74) is 2.65. The second kappa shape index (κ2) is 6.76. The Labute approximate surface area is 155 Å². The van der Waals surface area contributed by atoms with Crippen molar-refractivity contribution in [3.63, 3.8) is 0 Å². The standard InChI is InChI=1S/C20H20FN3OS/c1-12(2)13-6-8-14(9-7-13)22-23-18-16-4-3-5-17(21)19(16)24(20(18)25)15-10-26-11-15/h3-9,12,15,25H,10-11H2,1-2H3. The van der Waals surface area contributed by atoms with Crippen LogP contribution in [0.5, 0.6) is 5.88 Å². The molecule has 0 bridgehead atoms. The summed E-state index contributed by atoms with van der Waals surface area (Å²) in [5.74, 6) is 1.81. The maximum absolute atomic E-state index is 14.4. The quantitative estimate of drug-likeness (QED) is 0.548. The van der Waals surface area contributed by atoms with E-state index in [1.807, 2.05) is 24.3 Å². The largest absolute Gasteiger partial charge is 0.493 e. The van der Waals surface area contributed by atoms with Crippen molar-refractivity contribution in [1.82, 2.24) is 4.57 Å². The molecule has 0 saturated carbocycles. The molecule has 3 aromatic rings. The van der Waals surface area contributed by atoms with Crippen LogP contribution in [0.15, 0.2) is 52.7 Å². The number of rotatable bonds is 4. The van der Waals surface area contributed by atoms with Crippen molar-refractivity contribution in [2.75, 3.05) is 11.5 Å². The number of aromatic nitrogens is 1. The number of azo groups is 1. The topological polar surface area (TPSA) is 49.9 Å². The number of thioether (sulfide) groups is 1. The first kappa shape index (κ1) is 17.1. The van der Waals surface area contributed by atoms with Gasteiger partial charge in [0, 0.05) is 16.9 Å². The maximum atomic E-state index is 14.4. The van der Waals surface area contributed by atoms with Crippen molar-refractivity contribution in [3.8, 4) is 5.88 Å². The SMILES string of the molecule is CC(C)c1ccc(N=Nc2c(O)n(C3CSC3)c3c(F)cccc23)cc1. The first-order valence-corrected chi connectivity index (χ1v) is 9.82. The highest BCUT2D eigenvalue weighted by atomic mass is 32.2. The highest BCUT2D eigenvalue weighted by Crippen LogP contribution is 2.45. The van der Waals surface area contributed by atoms with Crippen LogP contribution < -0.4 is 0 Å². The van der Waals surface area contributed by atoms with Crippen LogP contribution in [0.2, 0.25) is 0 Å². The van der Waals surface area contributed by atoms with E-state index in [2.05, 4.69) is 24.1 Å². The lowest BCUT2D eigenvalue weighted by Gasteiger charge is -2.27. The molecule has 0 aliphatic carbocycles. The summed E-state index contributed by atoms with van der Waals surface area (Å²) in [4.78, 5) is 0. The molecule has 1 saturated heterocycles. The Kier molecular flexibility index (Phi) is 4.44. The van der Waals surface area contributed by atoms with Crippen LogP contribution >= 0.6 is 11.8 Å². The molecule has 4 nitrogen and oxygen atoms in total. The summed E-state index contributed by atoms with van der Waals surface area (Å²) >= 11 is 1.78. The Hall–Kier alpha value is -2.34. The van der Waals surface area contributed by atoms with Crippen molar-refractivity contribution in [1.29, 1.82) is 0 Å². The molecule has 134 valence electrons. The van der Waals surface area contributed by atoms with E-state index < -0.39 is 0 Å². The van der Waals surface area contributed by atoms with Gasteiger partial charge in [-0.3, -0.25) is 0 Å². The van der Waals surface area contributed by atoms with Gasteiger partial charge in [0.1, 0.15) is 5.82 Å². The monoisotopic (exact) mass is 369 g/mol. The minimum absolute atomic E-state index is 0.0158. The van der Waals surface area contributed by atoms with Crippen molar-refractivity contribution in [2.24, 2.45) is 10.2 Å². The van der Waals surface area contributed by atoms with Gasteiger partial charge in [-0.25, -0.2) is 4.39 Å². The van der Waals surface area contributed by atoms with E-state index in [4.69, 9.17) is 0 Å². The fourth-order valence-electron chi connectivity index (χ4n) is 3.15. The molecule has 1 aromatic heterocycles. The van der Waals surface area contributed by atoms with Crippen LogP contribution in [0.3, 0.4) is 0 Å². The number of hydrogen-bond acceptors (Lipinski definition) is 4. The van der Waals surface area contributed by atoms with Crippen LogP contribution in [0.1, 0.15) is 31.4 Å². The highest BCUT2D eigenvalue weighted by Gasteiger charge is 2.28. The third-order valence-corrected chi connectivity index (χ3v) is 5.97. The van der Waals surface area contributed by atoms with Crippen molar-refractivity contribution in [2.45, 2.75) is 25.8 Å². The van der Waals surface area contributed by atoms with Gasteiger partial charge in [-0.2, -0.15) is 16.9 Å². The van der Waals surface area contributed by atoms with Gasteiger partial charge in [0.25, 0.3) is 0 Å². The van der Waals surface area contributed by atoms with Gasteiger partial charge >= 0.3 is 0 Å². The van der Waals surface area contributed by atoms with Crippen LogP contribution in [0.25, 0.3) is 10.9 Å². The number of halogens is 1. The molecule has 1 N–H and O–H groups in total. The minimum atomic E-state index is -0.350. The Bertz CT molecular complexity index is 975. The number of fused-ring (bicyclic) bond motifs is 1. The van der Waals surface area contributed by atoms with Crippen LogP contribution in [0.4, 0.5) is 15.8 Å². The van der Waals surface area contributed by atoms with Gasteiger partial charge in [-0.1, -0.05) is 38.1 Å². The summed E-state index contributed by atoms with van der Waals surface area (Å²) in [5, 5.41) is 19.8. The Morgan fingerprint density at radius 3 is 2.46 bits per heavy atom. The molecule has 1 aliphatic rings. The molecule has 6 heteroatoms. The van der Waals surface area contributed by atoms with Crippen LogP contribution in [0, 0.1) is 5.82 Å². The number of para-hydroxylation sites is 1. The minimum Gasteiger partial charge on any atom is -0.493 e.